The molecule has 0 rings (SSSR count). The second-order valence-corrected chi connectivity index (χ2v) is 6.99. The standard InChI is InChI=1S/C20H36O3/c1-9-18(17(4)21)19(23-8)20(5,6)15(2)13-11-10-12-14-16(3)22-7/h10-13,15-16,18-19H,9,14H2,1-8H3/b12-10+,13-11-. The maximum atomic E-state index is 11.9. The van der Waals surface area contributed by atoms with Gasteiger partial charge in [-0.3, -0.25) is 4.79 Å². The van der Waals surface area contributed by atoms with Crippen LogP contribution in [0.3, 0.4) is 0 Å². The van der Waals surface area contributed by atoms with Crippen molar-refractivity contribution in [3.63, 3.8) is 0 Å². The SMILES string of the molecule is CCC(C(C)=O)C(OC)C(C)(C)C(C)/C=C\C=C\CC(C)OC. The van der Waals surface area contributed by atoms with Crippen molar-refractivity contribution in [1.29, 1.82) is 0 Å². The summed E-state index contributed by atoms with van der Waals surface area (Å²) in [5.41, 5.74) is -0.120. The molecule has 0 radical (unpaired) electrons. The predicted molar refractivity (Wildman–Crippen MR) is 97.6 cm³/mol. The summed E-state index contributed by atoms with van der Waals surface area (Å²) in [6.45, 7) is 12.3. The van der Waals surface area contributed by atoms with E-state index in [9.17, 15) is 4.79 Å². The summed E-state index contributed by atoms with van der Waals surface area (Å²) in [6.07, 6.45) is 10.3. The van der Waals surface area contributed by atoms with Gasteiger partial charge in [0.15, 0.2) is 0 Å². The first-order valence-electron chi connectivity index (χ1n) is 8.61. The monoisotopic (exact) mass is 324 g/mol. The van der Waals surface area contributed by atoms with Crippen molar-refractivity contribution in [3.8, 4) is 0 Å². The van der Waals surface area contributed by atoms with Crippen LogP contribution in [0.1, 0.15) is 54.4 Å². The molecule has 0 aliphatic heterocycles. The Balaban J connectivity index is 4.92. The molecule has 0 aromatic rings. The van der Waals surface area contributed by atoms with Gasteiger partial charge in [-0.1, -0.05) is 52.0 Å². The van der Waals surface area contributed by atoms with Gasteiger partial charge in [0.25, 0.3) is 0 Å². The lowest BCUT2D eigenvalue weighted by molar-refractivity contribution is -0.131. The third-order valence-electron chi connectivity index (χ3n) is 5.01. The summed E-state index contributed by atoms with van der Waals surface area (Å²) in [4.78, 5) is 11.9. The molecule has 23 heavy (non-hydrogen) atoms. The molecule has 4 unspecified atom stereocenters. The van der Waals surface area contributed by atoms with Gasteiger partial charge in [0.1, 0.15) is 5.78 Å². The number of hydrogen-bond donors (Lipinski definition) is 0. The van der Waals surface area contributed by atoms with Crippen LogP contribution in [-0.4, -0.2) is 32.2 Å². The van der Waals surface area contributed by atoms with Gasteiger partial charge >= 0.3 is 0 Å². The molecular weight excluding hydrogens is 288 g/mol. The van der Waals surface area contributed by atoms with Crippen molar-refractivity contribution in [2.24, 2.45) is 17.3 Å². The minimum absolute atomic E-state index is 0.0519. The van der Waals surface area contributed by atoms with Gasteiger partial charge in [-0.2, -0.15) is 0 Å². The first-order chi connectivity index (χ1) is 10.7. The average Bonchev–Trinajstić information content (AvgIpc) is 2.50. The Labute approximate surface area is 143 Å². The summed E-state index contributed by atoms with van der Waals surface area (Å²) in [5, 5.41) is 0. The van der Waals surface area contributed by atoms with Gasteiger partial charge in [-0.25, -0.2) is 0 Å². The lowest BCUT2D eigenvalue weighted by Crippen LogP contribution is -2.43. The van der Waals surface area contributed by atoms with E-state index in [0.717, 1.165) is 12.8 Å². The lowest BCUT2D eigenvalue weighted by atomic mass is 9.69. The Bertz CT molecular complexity index is 396. The maximum Gasteiger partial charge on any atom is 0.135 e. The Kier molecular flexibility index (Phi) is 10.3. The third kappa shape index (κ3) is 7.01. The average molecular weight is 325 g/mol. The molecule has 0 saturated heterocycles. The third-order valence-corrected chi connectivity index (χ3v) is 5.01. The van der Waals surface area contributed by atoms with Crippen LogP contribution in [0, 0.1) is 17.3 Å². The van der Waals surface area contributed by atoms with Crippen LogP contribution in [0.2, 0.25) is 0 Å². The van der Waals surface area contributed by atoms with Crippen LogP contribution in [0.4, 0.5) is 0 Å². The molecule has 0 saturated carbocycles. The minimum Gasteiger partial charge on any atom is -0.381 e. The van der Waals surface area contributed by atoms with E-state index in [-0.39, 0.29) is 29.3 Å². The van der Waals surface area contributed by atoms with Crippen molar-refractivity contribution < 1.29 is 14.3 Å². The molecule has 0 aromatic carbocycles. The van der Waals surface area contributed by atoms with E-state index in [0.29, 0.717) is 5.92 Å². The lowest BCUT2D eigenvalue weighted by Gasteiger charge is -2.40. The van der Waals surface area contributed by atoms with Gasteiger partial charge in [-0.15, -0.1) is 0 Å². The van der Waals surface area contributed by atoms with Gasteiger partial charge in [0, 0.05) is 20.1 Å². The molecule has 0 aliphatic rings. The molecule has 0 fully saturated rings. The smallest absolute Gasteiger partial charge is 0.135 e. The molecule has 0 heterocycles. The van der Waals surface area contributed by atoms with Gasteiger partial charge in [0.05, 0.1) is 12.2 Å². The van der Waals surface area contributed by atoms with Crippen molar-refractivity contribution in [2.45, 2.75) is 66.6 Å². The quantitative estimate of drug-likeness (QED) is 0.511. The van der Waals surface area contributed by atoms with Crippen LogP contribution in [-0.2, 0) is 14.3 Å². The highest BCUT2D eigenvalue weighted by atomic mass is 16.5. The van der Waals surface area contributed by atoms with E-state index in [1.165, 1.54) is 0 Å². The number of ether oxygens (including phenoxy) is 2. The van der Waals surface area contributed by atoms with Gasteiger partial charge in [0.2, 0.25) is 0 Å². The van der Waals surface area contributed by atoms with Gasteiger partial charge < -0.3 is 9.47 Å². The molecule has 0 N–H and O–H groups in total. The molecule has 0 aliphatic carbocycles. The number of carbonyl (C=O) groups excluding carboxylic acids is 1. The van der Waals surface area contributed by atoms with Crippen LogP contribution in [0.25, 0.3) is 0 Å². The van der Waals surface area contributed by atoms with E-state index < -0.39 is 0 Å². The number of rotatable bonds is 11. The maximum absolute atomic E-state index is 11.9. The van der Waals surface area contributed by atoms with Crippen molar-refractivity contribution in [2.75, 3.05) is 14.2 Å². The minimum atomic E-state index is -0.120. The Morgan fingerprint density at radius 2 is 1.74 bits per heavy atom. The number of Topliss-reactive ketones (excluding diaryl/α,β-unsaturated/α-hetero) is 1. The number of carbonyl (C=O) groups is 1. The van der Waals surface area contributed by atoms with E-state index in [2.05, 4.69) is 52.0 Å². The van der Waals surface area contributed by atoms with E-state index in [4.69, 9.17) is 9.47 Å². The molecule has 0 aromatic heterocycles. The van der Waals surface area contributed by atoms with E-state index in [1.807, 2.05) is 6.92 Å². The fourth-order valence-electron chi connectivity index (χ4n) is 2.88. The molecule has 0 bridgehead atoms. The second-order valence-electron chi connectivity index (χ2n) is 6.99. The summed E-state index contributed by atoms with van der Waals surface area (Å²) in [6, 6.07) is 0. The second kappa shape index (κ2) is 10.8. The van der Waals surface area contributed by atoms with Crippen molar-refractivity contribution in [3.05, 3.63) is 24.3 Å². The number of ketones is 1. The number of hydrogen-bond acceptors (Lipinski definition) is 3. The van der Waals surface area contributed by atoms with Crippen molar-refractivity contribution in [1.82, 2.24) is 0 Å². The number of allylic oxidation sites excluding steroid dienone is 3. The van der Waals surface area contributed by atoms with Crippen molar-refractivity contribution >= 4 is 5.78 Å². The van der Waals surface area contributed by atoms with Crippen LogP contribution >= 0.6 is 0 Å². The zero-order valence-electron chi connectivity index (χ0n) is 16.3. The molecule has 134 valence electrons. The molecule has 3 nitrogen and oxygen atoms in total. The Morgan fingerprint density at radius 1 is 1.13 bits per heavy atom. The molecule has 0 spiro atoms. The summed E-state index contributed by atoms with van der Waals surface area (Å²) in [5.74, 6) is 0.450. The largest absolute Gasteiger partial charge is 0.381 e. The predicted octanol–water partition coefficient (Wildman–Crippen LogP) is 4.82. The molecule has 0 amide bonds. The summed E-state index contributed by atoms with van der Waals surface area (Å²) in [7, 11) is 3.43. The van der Waals surface area contributed by atoms with Crippen LogP contribution in [0.5, 0.6) is 0 Å². The molecule has 3 heteroatoms. The number of methoxy groups -OCH3 is 2. The molecular formula is C20H36O3. The fraction of sp³-hybridized carbons (Fsp3) is 0.750. The highest BCUT2D eigenvalue weighted by molar-refractivity contribution is 5.79. The first kappa shape index (κ1) is 22.1. The molecule has 4 atom stereocenters. The summed E-state index contributed by atoms with van der Waals surface area (Å²) < 4.78 is 11.0. The van der Waals surface area contributed by atoms with Gasteiger partial charge in [-0.05, 0) is 38.0 Å². The first-order valence-corrected chi connectivity index (χ1v) is 8.61. The Hall–Kier alpha value is -0.930. The highest BCUT2D eigenvalue weighted by Gasteiger charge is 2.40. The summed E-state index contributed by atoms with van der Waals surface area (Å²) >= 11 is 0. The fourth-order valence-corrected chi connectivity index (χ4v) is 2.88. The zero-order valence-corrected chi connectivity index (χ0v) is 16.3. The van der Waals surface area contributed by atoms with E-state index >= 15 is 0 Å². The normalized spacial score (nSPS) is 18.3. The highest BCUT2D eigenvalue weighted by Crippen LogP contribution is 2.38. The van der Waals surface area contributed by atoms with E-state index in [1.54, 1.807) is 21.1 Å². The topological polar surface area (TPSA) is 35.5 Å². The zero-order chi connectivity index (χ0) is 18.0. The Morgan fingerprint density at radius 3 is 2.17 bits per heavy atom. The van der Waals surface area contributed by atoms with Crippen LogP contribution < -0.4 is 0 Å². The van der Waals surface area contributed by atoms with Crippen LogP contribution in [0.15, 0.2) is 24.3 Å².